The van der Waals surface area contributed by atoms with E-state index >= 15 is 4.39 Å². The number of carboxylic acid groups (broad SMARTS) is 1. The summed E-state index contributed by atoms with van der Waals surface area (Å²) in [4.78, 5) is 40.1. The largest absolute Gasteiger partial charge is 0.477 e. The number of carboxylic acids is 1. The van der Waals surface area contributed by atoms with E-state index in [2.05, 4.69) is 16.0 Å². The highest BCUT2D eigenvalue weighted by molar-refractivity contribution is 7.20. The molecule has 0 radical (unpaired) electrons. The summed E-state index contributed by atoms with van der Waals surface area (Å²) in [6.45, 7) is 6.13. The van der Waals surface area contributed by atoms with Gasteiger partial charge in [-0.05, 0) is 70.8 Å². The van der Waals surface area contributed by atoms with Crippen LogP contribution in [0.5, 0.6) is 0 Å². The highest BCUT2D eigenvalue weighted by Crippen LogP contribution is 2.57. The van der Waals surface area contributed by atoms with E-state index in [0.717, 1.165) is 16.0 Å². The zero-order chi connectivity index (χ0) is 30.8. The molecule has 1 fully saturated rings. The minimum absolute atomic E-state index is 0.113. The molecule has 2 aliphatic heterocycles. The minimum Gasteiger partial charge on any atom is -0.477 e. The Kier molecular flexibility index (Phi) is 7.28. The zero-order valence-electron chi connectivity index (χ0n) is 23.4. The lowest BCUT2D eigenvalue weighted by Gasteiger charge is -2.37. The van der Waals surface area contributed by atoms with Crippen molar-refractivity contribution in [1.29, 1.82) is 0 Å². The first-order valence-corrected chi connectivity index (χ1v) is 15.3. The van der Waals surface area contributed by atoms with Crippen LogP contribution in [-0.2, 0) is 15.0 Å². The number of nitrogens with one attached hydrogen (secondary N) is 3. The quantitative estimate of drug-likeness (QED) is 0.182. The SMILES string of the molecule is CC(C)(C)C[C@@H]1N[C@@H](C(=O)Nc2ccc3sc(C(=O)O)cc3c2)[C@H](c2cccc(Cl)c2F)C12C(=O)Nc1cc(Cl)ccc12. The Labute approximate surface area is 261 Å². The number of carbonyl (C=O) groups is 3. The maximum atomic E-state index is 15.9. The molecule has 4 aromatic rings. The third-order valence-corrected chi connectivity index (χ3v) is 9.85. The van der Waals surface area contributed by atoms with E-state index in [0.29, 0.717) is 33.8 Å². The topological polar surface area (TPSA) is 108 Å². The Balaban J connectivity index is 1.50. The number of halogens is 3. The van der Waals surface area contributed by atoms with E-state index in [-0.39, 0.29) is 26.8 Å². The van der Waals surface area contributed by atoms with Crippen molar-refractivity contribution in [1.82, 2.24) is 5.32 Å². The molecule has 0 aliphatic carbocycles. The molecule has 1 aromatic heterocycles. The smallest absolute Gasteiger partial charge is 0.345 e. The highest BCUT2D eigenvalue weighted by Gasteiger charge is 2.66. The summed E-state index contributed by atoms with van der Waals surface area (Å²) >= 11 is 13.7. The van der Waals surface area contributed by atoms with Crippen LogP contribution in [0.2, 0.25) is 10.0 Å². The molecule has 4 atom stereocenters. The van der Waals surface area contributed by atoms with Crippen LogP contribution in [0.25, 0.3) is 10.1 Å². The van der Waals surface area contributed by atoms with Crippen molar-refractivity contribution in [2.45, 2.75) is 50.6 Å². The molecule has 3 heterocycles. The van der Waals surface area contributed by atoms with Crippen LogP contribution < -0.4 is 16.0 Å². The zero-order valence-corrected chi connectivity index (χ0v) is 25.8. The van der Waals surface area contributed by atoms with Gasteiger partial charge >= 0.3 is 5.97 Å². The van der Waals surface area contributed by atoms with Crippen LogP contribution in [0.15, 0.2) is 60.7 Å². The number of fused-ring (bicyclic) bond motifs is 3. The molecule has 7 nitrogen and oxygen atoms in total. The molecule has 1 unspecified atom stereocenters. The van der Waals surface area contributed by atoms with Crippen molar-refractivity contribution in [3.8, 4) is 0 Å². The third kappa shape index (κ3) is 4.98. The number of hydrogen-bond donors (Lipinski definition) is 4. The molecular weight excluding hydrogens is 612 g/mol. The predicted octanol–water partition coefficient (Wildman–Crippen LogP) is 7.43. The van der Waals surface area contributed by atoms with E-state index in [1.54, 1.807) is 54.6 Å². The molecule has 0 saturated carbocycles. The molecule has 2 amide bonds. The van der Waals surface area contributed by atoms with Gasteiger partial charge in [0.25, 0.3) is 0 Å². The fraction of sp³-hybridized carbons (Fsp3) is 0.281. The molecule has 3 aromatic carbocycles. The summed E-state index contributed by atoms with van der Waals surface area (Å²) in [5.74, 6) is -3.53. The molecule has 1 spiro atoms. The van der Waals surface area contributed by atoms with Gasteiger partial charge in [-0.1, -0.05) is 62.2 Å². The average Bonchev–Trinajstić information content (AvgIpc) is 3.57. The third-order valence-electron chi connectivity index (χ3n) is 8.22. The second kappa shape index (κ2) is 10.6. The molecule has 4 N–H and O–H groups in total. The van der Waals surface area contributed by atoms with Crippen LogP contribution in [0.4, 0.5) is 15.8 Å². The normalized spacial score (nSPS) is 23.0. The predicted molar refractivity (Wildman–Crippen MR) is 168 cm³/mol. The van der Waals surface area contributed by atoms with Crippen LogP contribution in [0, 0.1) is 11.2 Å². The first kappa shape index (κ1) is 29.6. The van der Waals surface area contributed by atoms with Crippen molar-refractivity contribution in [2.75, 3.05) is 10.6 Å². The number of thiophene rings is 1. The Morgan fingerprint density at radius 2 is 1.86 bits per heavy atom. The lowest BCUT2D eigenvalue weighted by Crippen LogP contribution is -2.49. The van der Waals surface area contributed by atoms with E-state index in [4.69, 9.17) is 23.2 Å². The summed E-state index contributed by atoms with van der Waals surface area (Å²) in [6.07, 6.45) is 0.490. The van der Waals surface area contributed by atoms with Gasteiger partial charge in [0.2, 0.25) is 11.8 Å². The van der Waals surface area contributed by atoms with Crippen molar-refractivity contribution in [2.24, 2.45) is 5.41 Å². The maximum absolute atomic E-state index is 15.9. The molecular formula is C32H28Cl2FN3O4S. The number of anilines is 2. The molecule has 0 bridgehead atoms. The average molecular weight is 641 g/mol. The maximum Gasteiger partial charge on any atom is 0.345 e. The molecule has 6 rings (SSSR count). The second-order valence-corrected chi connectivity index (χ2v) is 14.2. The first-order chi connectivity index (χ1) is 20.3. The summed E-state index contributed by atoms with van der Waals surface area (Å²) < 4.78 is 16.7. The van der Waals surface area contributed by atoms with Crippen LogP contribution >= 0.6 is 34.5 Å². The summed E-state index contributed by atoms with van der Waals surface area (Å²) in [5.41, 5.74) is 0.0982. The minimum atomic E-state index is -1.37. The standard InChI is InChI=1S/C32H28Cl2FN3O4S/c1-31(2,3)14-24-32(19-9-7-16(33)13-21(19)37-30(32)42)25(18-5-4-6-20(34)26(18)35)27(38-24)28(39)36-17-8-10-22-15(11-17)12-23(43-22)29(40)41/h4-13,24-25,27,38H,14H2,1-3H3,(H,36,39)(H,37,42)(H,40,41)/t24-,25-,27+,32?/m0/s1. The molecule has 1 saturated heterocycles. The first-order valence-electron chi connectivity index (χ1n) is 13.7. The van der Waals surface area contributed by atoms with E-state index in [1.807, 2.05) is 20.8 Å². The number of aromatic carboxylic acids is 1. The number of hydrogen-bond acceptors (Lipinski definition) is 5. The number of benzene rings is 3. The number of amides is 2. The second-order valence-electron chi connectivity index (χ2n) is 12.3. The molecule has 43 heavy (non-hydrogen) atoms. The van der Waals surface area contributed by atoms with Gasteiger partial charge in [-0.2, -0.15) is 0 Å². The molecule has 222 valence electrons. The summed E-state index contributed by atoms with van der Waals surface area (Å²) in [5, 5.41) is 19.7. The van der Waals surface area contributed by atoms with Crippen molar-refractivity contribution >= 4 is 73.8 Å². The fourth-order valence-electron chi connectivity index (χ4n) is 6.60. The summed E-state index contributed by atoms with van der Waals surface area (Å²) in [6, 6.07) is 14.8. The van der Waals surface area contributed by atoms with Crippen molar-refractivity contribution in [3.05, 3.63) is 92.5 Å². The van der Waals surface area contributed by atoms with Gasteiger partial charge in [-0.25, -0.2) is 9.18 Å². The molecule has 11 heteroatoms. The summed E-state index contributed by atoms with van der Waals surface area (Å²) in [7, 11) is 0. The Bertz CT molecular complexity index is 1820. The van der Waals surface area contributed by atoms with E-state index < -0.39 is 41.1 Å². The van der Waals surface area contributed by atoms with Crippen LogP contribution in [-0.4, -0.2) is 35.0 Å². The fourth-order valence-corrected chi connectivity index (χ4v) is 7.83. The monoisotopic (exact) mass is 639 g/mol. The van der Waals surface area contributed by atoms with Crippen LogP contribution in [0.1, 0.15) is 53.9 Å². The van der Waals surface area contributed by atoms with Crippen molar-refractivity contribution in [3.63, 3.8) is 0 Å². The lowest BCUT2D eigenvalue weighted by molar-refractivity contribution is -0.122. The Morgan fingerprint density at radius 3 is 2.58 bits per heavy atom. The van der Waals surface area contributed by atoms with Gasteiger partial charge < -0.3 is 21.1 Å². The lowest BCUT2D eigenvalue weighted by atomic mass is 9.62. The number of rotatable bonds is 5. The van der Waals surface area contributed by atoms with Gasteiger partial charge in [0.15, 0.2) is 0 Å². The van der Waals surface area contributed by atoms with Crippen LogP contribution in [0.3, 0.4) is 0 Å². The number of carbonyl (C=O) groups excluding carboxylic acids is 2. The van der Waals surface area contributed by atoms with Gasteiger partial charge in [0.05, 0.1) is 11.1 Å². The Morgan fingerprint density at radius 1 is 1.09 bits per heavy atom. The van der Waals surface area contributed by atoms with Gasteiger partial charge in [-0.15, -0.1) is 11.3 Å². The van der Waals surface area contributed by atoms with E-state index in [9.17, 15) is 19.5 Å². The van der Waals surface area contributed by atoms with Gasteiger partial charge in [-0.3, -0.25) is 9.59 Å². The Hall–Kier alpha value is -3.50. The molecule has 2 aliphatic rings. The van der Waals surface area contributed by atoms with Gasteiger partial charge in [0, 0.05) is 33.1 Å². The highest BCUT2D eigenvalue weighted by atomic mass is 35.5. The van der Waals surface area contributed by atoms with E-state index in [1.165, 1.54) is 6.07 Å². The van der Waals surface area contributed by atoms with Gasteiger partial charge in [0.1, 0.15) is 16.1 Å². The van der Waals surface area contributed by atoms with Crippen molar-refractivity contribution < 1.29 is 23.9 Å².